The Bertz CT molecular complexity index is 211. The number of methoxy groups -OCH3 is 1. The van der Waals surface area contributed by atoms with E-state index in [1.807, 2.05) is 13.8 Å². The summed E-state index contributed by atoms with van der Waals surface area (Å²) in [6.07, 6.45) is 2.27. The van der Waals surface area contributed by atoms with E-state index in [-0.39, 0.29) is 5.97 Å². The minimum absolute atomic E-state index is 0.149. The van der Waals surface area contributed by atoms with Crippen LogP contribution >= 0.6 is 0 Å². The van der Waals surface area contributed by atoms with Gasteiger partial charge in [-0.15, -0.1) is 0 Å². The molecule has 0 radical (unpaired) electrons. The van der Waals surface area contributed by atoms with Crippen LogP contribution in [0.3, 0.4) is 0 Å². The van der Waals surface area contributed by atoms with Crippen LogP contribution in [0.15, 0.2) is 0 Å². The van der Waals surface area contributed by atoms with Crippen molar-refractivity contribution in [1.29, 1.82) is 0 Å². The number of esters is 1. The molecular weight excluding hydrogens is 192 g/mol. The summed E-state index contributed by atoms with van der Waals surface area (Å²) in [5.74, 6) is -0.149. The van der Waals surface area contributed by atoms with Crippen LogP contribution < -0.4 is 10.6 Å². The normalized spacial score (nSPS) is 18.9. The Morgan fingerprint density at radius 2 is 2.07 bits per heavy atom. The highest BCUT2D eigenvalue weighted by Gasteiger charge is 2.29. The molecule has 0 aliphatic carbocycles. The molecule has 88 valence electrons. The molecule has 0 atom stereocenters. The Hall–Kier alpha value is -0.610. The number of ether oxygens (including phenoxy) is 1. The molecule has 4 nitrogen and oxygen atoms in total. The van der Waals surface area contributed by atoms with Gasteiger partial charge in [-0.25, -0.2) is 0 Å². The Morgan fingerprint density at radius 3 is 2.60 bits per heavy atom. The smallest absolute Gasteiger partial charge is 0.312 e. The highest BCUT2D eigenvalue weighted by molar-refractivity contribution is 5.76. The predicted octanol–water partition coefficient (Wildman–Crippen LogP) is 0.527. The molecule has 1 fully saturated rings. The van der Waals surface area contributed by atoms with E-state index in [9.17, 15) is 4.79 Å². The van der Waals surface area contributed by atoms with E-state index >= 15 is 0 Å². The van der Waals surface area contributed by atoms with Crippen LogP contribution in [0.4, 0.5) is 0 Å². The average molecular weight is 214 g/mol. The van der Waals surface area contributed by atoms with Gasteiger partial charge in [-0.3, -0.25) is 4.79 Å². The van der Waals surface area contributed by atoms with Gasteiger partial charge in [0.25, 0.3) is 0 Å². The topological polar surface area (TPSA) is 50.4 Å². The van der Waals surface area contributed by atoms with E-state index in [1.165, 1.54) is 7.11 Å². The summed E-state index contributed by atoms with van der Waals surface area (Å²) in [7, 11) is 1.44. The Balaban J connectivity index is 2.31. The first kappa shape index (κ1) is 12.5. The molecule has 2 N–H and O–H groups in total. The molecule has 0 unspecified atom stereocenters. The maximum absolute atomic E-state index is 11.4. The van der Waals surface area contributed by atoms with Crippen LogP contribution in [-0.4, -0.2) is 38.8 Å². The van der Waals surface area contributed by atoms with Crippen LogP contribution in [0.1, 0.15) is 26.7 Å². The van der Waals surface area contributed by atoms with Crippen molar-refractivity contribution in [3.8, 4) is 0 Å². The number of carbonyl (C=O) groups excluding carboxylic acids is 1. The lowest BCUT2D eigenvalue weighted by Crippen LogP contribution is -2.45. The lowest BCUT2D eigenvalue weighted by atomic mass is 9.92. The number of piperidine rings is 1. The summed E-state index contributed by atoms with van der Waals surface area (Å²) in [5, 5.41) is 6.75. The number of hydrogen-bond acceptors (Lipinski definition) is 4. The summed E-state index contributed by atoms with van der Waals surface area (Å²) < 4.78 is 4.76. The Labute approximate surface area is 91.8 Å². The van der Waals surface area contributed by atoms with Gasteiger partial charge >= 0.3 is 5.97 Å². The molecule has 1 rings (SSSR count). The van der Waals surface area contributed by atoms with E-state index in [2.05, 4.69) is 10.6 Å². The molecular formula is C11H22N2O2. The van der Waals surface area contributed by atoms with Crippen molar-refractivity contribution in [2.75, 3.05) is 26.7 Å². The van der Waals surface area contributed by atoms with Gasteiger partial charge in [-0.1, -0.05) is 0 Å². The quantitative estimate of drug-likeness (QED) is 0.670. The molecule has 0 aromatic heterocycles. The summed E-state index contributed by atoms with van der Waals surface area (Å²) in [5.41, 5.74) is -0.431. The highest BCUT2D eigenvalue weighted by Crippen LogP contribution is 2.16. The first-order valence-electron chi connectivity index (χ1n) is 5.59. The van der Waals surface area contributed by atoms with Gasteiger partial charge in [0.2, 0.25) is 0 Å². The lowest BCUT2D eigenvalue weighted by molar-refractivity contribution is -0.150. The minimum atomic E-state index is -0.431. The Kier molecular flexibility index (Phi) is 4.54. The third kappa shape index (κ3) is 3.80. The van der Waals surface area contributed by atoms with E-state index < -0.39 is 5.41 Å². The molecule has 1 heterocycles. The summed E-state index contributed by atoms with van der Waals surface area (Å²) in [6.45, 7) is 6.64. The lowest BCUT2D eigenvalue weighted by Gasteiger charge is -2.28. The third-order valence-electron chi connectivity index (χ3n) is 2.91. The van der Waals surface area contributed by atoms with Gasteiger partial charge in [-0.05, 0) is 39.8 Å². The summed E-state index contributed by atoms with van der Waals surface area (Å²) in [4.78, 5) is 11.4. The number of carbonyl (C=O) groups is 1. The minimum Gasteiger partial charge on any atom is -0.469 e. The van der Waals surface area contributed by atoms with E-state index in [0.29, 0.717) is 12.6 Å². The van der Waals surface area contributed by atoms with Crippen LogP contribution in [0.5, 0.6) is 0 Å². The van der Waals surface area contributed by atoms with Gasteiger partial charge in [0.1, 0.15) is 0 Å². The second-order valence-electron chi connectivity index (χ2n) is 4.78. The highest BCUT2D eigenvalue weighted by atomic mass is 16.5. The maximum Gasteiger partial charge on any atom is 0.312 e. The third-order valence-corrected chi connectivity index (χ3v) is 2.91. The standard InChI is InChI=1S/C11H22N2O2/c1-11(2,10(14)15-3)8-13-9-4-6-12-7-5-9/h9,12-13H,4-8H2,1-3H3. The maximum atomic E-state index is 11.4. The second-order valence-corrected chi connectivity index (χ2v) is 4.78. The summed E-state index contributed by atoms with van der Waals surface area (Å²) in [6, 6.07) is 0.537. The van der Waals surface area contributed by atoms with Crippen molar-refractivity contribution in [2.24, 2.45) is 5.41 Å². The predicted molar refractivity (Wildman–Crippen MR) is 59.7 cm³/mol. The molecule has 0 amide bonds. The van der Waals surface area contributed by atoms with E-state index in [1.54, 1.807) is 0 Å². The molecule has 0 aromatic carbocycles. The fourth-order valence-corrected chi connectivity index (χ4v) is 1.77. The van der Waals surface area contributed by atoms with Crippen molar-refractivity contribution in [3.63, 3.8) is 0 Å². The van der Waals surface area contributed by atoms with E-state index in [4.69, 9.17) is 4.74 Å². The average Bonchev–Trinajstić information content (AvgIpc) is 2.27. The van der Waals surface area contributed by atoms with Crippen molar-refractivity contribution < 1.29 is 9.53 Å². The van der Waals surface area contributed by atoms with Gasteiger partial charge in [0, 0.05) is 12.6 Å². The molecule has 0 spiro atoms. The van der Waals surface area contributed by atoms with Crippen molar-refractivity contribution >= 4 is 5.97 Å². The van der Waals surface area contributed by atoms with Crippen LogP contribution in [0, 0.1) is 5.41 Å². The second kappa shape index (κ2) is 5.47. The van der Waals surface area contributed by atoms with Gasteiger partial charge in [-0.2, -0.15) is 0 Å². The zero-order chi connectivity index (χ0) is 11.3. The number of hydrogen-bond donors (Lipinski definition) is 2. The van der Waals surface area contributed by atoms with Crippen LogP contribution in [0.2, 0.25) is 0 Å². The van der Waals surface area contributed by atoms with Gasteiger partial charge in [0.15, 0.2) is 0 Å². The first-order chi connectivity index (χ1) is 7.06. The monoisotopic (exact) mass is 214 g/mol. The zero-order valence-electron chi connectivity index (χ0n) is 9.93. The van der Waals surface area contributed by atoms with Crippen LogP contribution in [0.25, 0.3) is 0 Å². The van der Waals surface area contributed by atoms with Gasteiger partial charge in [0.05, 0.1) is 12.5 Å². The zero-order valence-corrected chi connectivity index (χ0v) is 9.93. The first-order valence-corrected chi connectivity index (χ1v) is 5.59. The molecule has 0 saturated carbocycles. The summed E-state index contributed by atoms with van der Waals surface area (Å²) >= 11 is 0. The molecule has 0 aromatic rings. The molecule has 1 aliphatic rings. The van der Waals surface area contributed by atoms with Crippen molar-refractivity contribution in [1.82, 2.24) is 10.6 Å². The Morgan fingerprint density at radius 1 is 1.47 bits per heavy atom. The number of nitrogens with one attached hydrogen (secondary N) is 2. The molecule has 0 bridgehead atoms. The SMILES string of the molecule is COC(=O)C(C)(C)CNC1CCNCC1. The molecule has 4 heteroatoms. The molecule has 15 heavy (non-hydrogen) atoms. The van der Waals surface area contributed by atoms with Crippen molar-refractivity contribution in [3.05, 3.63) is 0 Å². The molecule has 1 saturated heterocycles. The van der Waals surface area contributed by atoms with Crippen LogP contribution in [-0.2, 0) is 9.53 Å². The van der Waals surface area contributed by atoms with E-state index in [0.717, 1.165) is 25.9 Å². The van der Waals surface area contributed by atoms with Gasteiger partial charge < -0.3 is 15.4 Å². The van der Waals surface area contributed by atoms with Crippen molar-refractivity contribution in [2.45, 2.75) is 32.7 Å². The fourth-order valence-electron chi connectivity index (χ4n) is 1.77. The number of rotatable bonds is 4. The largest absolute Gasteiger partial charge is 0.469 e. The molecule has 1 aliphatic heterocycles. The fraction of sp³-hybridized carbons (Fsp3) is 0.909.